The van der Waals surface area contributed by atoms with E-state index >= 15 is 0 Å². The first-order chi connectivity index (χ1) is 23.2. The number of ether oxygens (including phenoxy) is 2. The number of benzene rings is 4. The molecule has 0 unspecified atom stereocenters. The molecule has 252 valence electrons. The number of carbonyl (C=O) groups is 2. The number of rotatable bonds is 14. The fraction of sp³-hybridized carbons (Fsp3) is 0.297. The Bertz CT molecular complexity index is 1780. The summed E-state index contributed by atoms with van der Waals surface area (Å²) >= 11 is 0. The minimum atomic E-state index is -4.34. The molecule has 1 aliphatic rings. The summed E-state index contributed by atoms with van der Waals surface area (Å²) in [6.07, 6.45) is 3.87. The SMILES string of the molecule is COc1ccc(OC)c(N(CC(=O)N(Cc2ccc(F)cc2)[C@H](Cc2ccccc2)C(=O)NC2CCCC2)S(=O)(=O)c2ccccc2)c1. The molecule has 0 radical (unpaired) electrons. The average Bonchev–Trinajstić information content (AvgIpc) is 3.63. The largest absolute Gasteiger partial charge is 0.497 e. The molecule has 0 heterocycles. The van der Waals surface area contributed by atoms with Gasteiger partial charge in [-0.3, -0.25) is 13.9 Å². The van der Waals surface area contributed by atoms with Gasteiger partial charge in [0.25, 0.3) is 10.0 Å². The van der Waals surface area contributed by atoms with Gasteiger partial charge in [-0.1, -0.05) is 73.5 Å². The number of halogens is 1. The van der Waals surface area contributed by atoms with Crippen molar-refractivity contribution in [2.24, 2.45) is 0 Å². The third-order valence-corrected chi connectivity index (χ3v) is 10.3. The molecule has 1 fully saturated rings. The van der Waals surface area contributed by atoms with Gasteiger partial charge >= 0.3 is 0 Å². The molecule has 1 N–H and O–H groups in total. The molecule has 0 saturated heterocycles. The van der Waals surface area contributed by atoms with Crippen LogP contribution in [0.2, 0.25) is 0 Å². The lowest BCUT2D eigenvalue weighted by Gasteiger charge is -2.34. The Morgan fingerprint density at radius 1 is 0.854 bits per heavy atom. The molecule has 1 atom stereocenters. The Morgan fingerprint density at radius 3 is 2.12 bits per heavy atom. The van der Waals surface area contributed by atoms with Crippen molar-refractivity contribution < 1.29 is 31.9 Å². The van der Waals surface area contributed by atoms with Crippen molar-refractivity contribution in [3.63, 3.8) is 0 Å². The van der Waals surface area contributed by atoms with Crippen molar-refractivity contribution in [2.75, 3.05) is 25.1 Å². The lowest BCUT2D eigenvalue weighted by Crippen LogP contribution is -2.54. The summed E-state index contributed by atoms with van der Waals surface area (Å²) in [4.78, 5) is 30.2. The first-order valence-electron chi connectivity index (χ1n) is 15.9. The van der Waals surface area contributed by atoms with Gasteiger partial charge in [-0.15, -0.1) is 0 Å². The first-order valence-corrected chi connectivity index (χ1v) is 17.3. The van der Waals surface area contributed by atoms with Gasteiger partial charge in [0.1, 0.15) is 29.9 Å². The van der Waals surface area contributed by atoms with Gasteiger partial charge in [-0.2, -0.15) is 0 Å². The predicted octanol–water partition coefficient (Wildman–Crippen LogP) is 5.74. The third-order valence-electron chi connectivity index (χ3n) is 8.50. The van der Waals surface area contributed by atoms with E-state index in [-0.39, 0.29) is 41.2 Å². The zero-order valence-electron chi connectivity index (χ0n) is 27.0. The molecular formula is C37H40FN3O6S. The van der Waals surface area contributed by atoms with Crippen molar-refractivity contribution in [1.29, 1.82) is 0 Å². The number of anilines is 1. The lowest BCUT2D eigenvalue weighted by atomic mass is 10.0. The summed E-state index contributed by atoms with van der Waals surface area (Å²) in [6, 6.07) is 26.5. The van der Waals surface area contributed by atoms with Gasteiger partial charge in [0, 0.05) is 25.1 Å². The van der Waals surface area contributed by atoms with Crippen LogP contribution in [0.1, 0.15) is 36.8 Å². The number of methoxy groups -OCH3 is 2. The van der Waals surface area contributed by atoms with E-state index in [0.29, 0.717) is 11.3 Å². The van der Waals surface area contributed by atoms with E-state index in [9.17, 15) is 22.4 Å². The van der Waals surface area contributed by atoms with Crippen molar-refractivity contribution in [2.45, 2.75) is 55.6 Å². The van der Waals surface area contributed by atoms with Gasteiger partial charge in [-0.05, 0) is 60.4 Å². The molecule has 48 heavy (non-hydrogen) atoms. The average molecular weight is 674 g/mol. The predicted molar refractivity (Wildman–Crippen MR) is 182 cm³/mol. The molecule has 1 saturated carbocycles. The fourth-order valence-corrected chi connectivity index (χ4v) is 7.37. The molecule has 11 heteroatoms. The Morgan fingerprint density at radius 2 is 1.50 bits per heavy atom. The molecule has 5 rings (SSSR count). The van der Waals surface area contributed by atoms with Crippen molar-refractivity contribution in [3.8, 4) is 11.5 Å². The van der Waals surface area contributed by atoms with Crippen molar-refractivity contribution in [3.05, 3.63) is 120 Å². The van der Waals surface area contributed by atoms with Crippen LogP contribution in [0.5, 0.6) is 11.5 Å². The zero-order chi connectivity index (χ0) is 34.1. The highest BCUT2D eigenvalue weighted by atomic mass is 32.2. The molecule has 0 aromatic heterocycles. The molecule has 0 aliphatic heterocycles. The quantitative estimate of drug-likeness (QED) is 0.183. The van der Waals surface area contributed by atoms with E-state index < -0.39 is 34.3 Å². The second-order valence-corrected chi connectivity index (χ2v) is 13.6. The summed E-state index contributed by atoms with van der Waals surface area (Å²) in [5, 5.41) is 3.14. The van der Waals surface area contributed by atoms with Crippen molar-refractivity contribution >= 4 is 27.5 Å². The Labute approximate surface area is 281 Å². The van der Waals surface area contributed by atoms with Crippen LogP contribution in [0.25, 0.3) is 0 Å². The van der Waals surface area contributed by atoms with E-state index in [4.69, 9.17) is 9.47 Å². The number of amides is 2. The number of hydrogen-bond donors (Lipinski definition) is 1. The summed E-state index contributed by atoms with van der Waals surface area (Å²) < 4.78 is 54.5. The van der Waals surface area contributed by atoms with Crippen molar-refractivity contribution in [1.82, 2.24) is 10.2 Å². The summed E-state index contributed by atoms with van der Waals surface area (Å²) in [7, 11) is -1.48. The second kappa shape index (κ2) is 15.8. The summed E-state index contributed by atoms with van der Waals surface area (Å²) in [5.41, 5.74) is 1.49. The normalized spacial score (nSPS) is 13.8. The molecule has 4 aromatic carbocycles. The summed E-state index contributed by atoms with van der Waals surface area (Å²) in [5.74, 6) is -0.855. The van der Waals surface area contributed by atoms with E-state index in [1.165, 1.54) is 49.5 Å². The molecule has 1 aliphatic carbocycles. The van der Waals surface area contributed by atoms with E-state index in [0.717, 1.165) is 35.6 Å². The number of nitrogens with zero attached hydrogens (tertiary/aromatic N) is 2. The highest BCUT2D eigenvalue weighted by Crippen LogP contribution is 2.36. The van der Waals surface area contributed by atoms with E-state index in [1.807, 2.05) is 30.3 Å². The third kappa shape index (κ3) is 8.32. The number of carbonyl (C=O) groups excluding carboxylic acids is 2. The second-order valence-electron chi connectivity index (χ2n) is 11.7. The van der Waals surface area contributed by atoms with Crippen LogP contribution in [0.4, 0.5) is 10.1 Å². The van der Waals surface area contributed by atoms with E-state index in [2.05, 4.69) is 5.32 Å². The van der Waals surface area contributed by atoms with Gasteiger partial charge in [0.2, 0.25) is 11.8 Å². The van der Waals surface area contributed by atoms with E-state index in [1.54, 1.807) is 42.5 Å². The molecular weight excluding hydrogens is 633 g/mol. The van der Waals surface area contributed by atoms with Crippen LogP contribution in [0, 0.1) is 5.82 Å². The standard InChI is InChI=1S/C37H40FN3O6S/c1-46-31-21-22-35(47-2)33(24-31)41(48(44,45)32-15-7-4-8-16-32)26-36(42)40(25-28-17-19-29(38)20-18-28)34(23-27-11-5-3-6-12-27)37(43)39-30-13-9-10-14-30/h3-8,11-12,15-22,24,30,34H,9-10,13-14,23,25-26H2,1-2H3,(H,39,43)/t34-/m1/s1. The maximum atomic E-state index is 14.7. The molecule has 4 aromatic rings. The van der Waals surface area contributed by atoms with Crippen LogP contribution in [-0.4, -0.2) is 58.0 Å². The maximum Gasteiger partial charge on any atom is 0.264 e. The van der Waals surface area contributed by atoms with Crippen LogP contribution in [-0.2, 0) is 32.6 Å². The monoisotopic (exact) mass is 673 g/mol. The Hall–Kier alpha value is -4.90. The fourth-order valence-electron chi connectivity index (χ4n) is 5.93. The molecule has 0 bridgehead atoms. The van der Waals surface area contributed by atoms with Gasteiger partial charge in [-0.25, -0.2) is 12.8 Å². The summed E-state index contributed by atoms with van der Waals surface area (Å²) in [6.45, 7) is -0.729. The van der Waals surface area contributed by atoms with Gasteiger partial charge in [0.05, 0.1) is 24.8 Å². The highest BCUT2D eigenvalue weighted by Gasteiger charge is 2.36. The lowest BCUT2D eigenvalue weighted by molar-refractivity contribution is -0.140. The smallest absolute Gasteiger partial charge is 0.264 e. The molecule has 9 nitrogen and oxygen atoms in total. The first kappa shape index (κ1) is 34.4. The van der Waals surface area contributed by atoms with Gasteiger partial charge < -0.3 is 19.7 Å². The topological polar surface area (TPSA) is 105 Å². The minimum absolute atomic E-state index is 0.0189. The number of nitrogens with one attached hydrogen (secondary N) is 1. The van der Waals surface area contributed by atoms with Crippen LogP contribution < -0.4 is 19.1 Å². The van der Waals surface area contributed by atoms with Crippen LogP contribution in [0.3, 0.4) is 0 Å². The van der Waals surface area contributed by atoms with Gasteiger partial charge in [0.15, 0.2) is 0 Å². The molecule has 0 spiro atoms. The maximum absolute atomic E-state index is 14.7. The highest BCUT2D eigenvalue weighted by molar-refractivity contribution is 7.92. The minimum Gasteiger partial charge on any atom is -0.497 e. The number of sulfonamides is 1. The van der Waals surface area contributed by atoms with Crippen LogP contribution >= 0.6 is 0 Å². The zero-order valence-corrected chi connectivity index (χ0v) is 27.9. The van der Waals surface area contributed by atoms with Crippen LogP contribution in [0.15, 0.2) is 108 Å². The Balaban J connectivity index is 1.60. The Kier molecular flexibility index (Phi) is 11.3. The number of hydrogen-bond acceptors (Lipinski definition) is 6. The molecule has 2 amide bonds.